The Morgan fingerprint density at radius 2 is 2.29 bits per heavy atom. The summed E-state index contributed by atoms with van der Waals surface area (Å²) < 4.78 is 1.95. The van der Waals surface area contributed by atoms with Crippen LogP contribution in [0.15, 0.2) is 0 Å². The predicted octanol–water partition coefficient (Wildman–Crippen LogP) is 0.802. The molecule has 1 aromatic rings. The van der Waals surface area contributed by atoms with Crippen LogP contribution in [0.1, 0.15) is 37.3 Å². The molecule has 0 aromatic carbocycles. The number of aryl methyl sites for hydroxylation is 1. The fourth-order valence-electron chi connectivity index (χ4n) is 1.76. The summed E-state index contributed by atoms with van der Waals surface area (Å²) in [5, 5.41) is 16.8. The van der Waals surface area contributed by atoms with Crippen LogP contribution in [0.5, 0.6) is 0 Å². The third-order valence-electron chi connectivity index (χ3n) is 2.65. The van der Waals surface area contributed by atoms with Crippen LogP contribution in [-0.4, -0.2) is 25.8 Å². The maximum Gasteiger partial charge on any atom is 0.313 e. The van der Waals surface area contributed by atoms with Gasteiger partial charge in [-0.05, 0) is 19.8 Å². The van der Waals surface area contributed by atoms with Gasteiger partial charge in [-0.1, -0.05) is 0 Å². The van der Waals surface area contributed by atoms with Crippen LogP contribution in [0.3, 0.4) is 0 Å². The molecule has 0 fully saturated rings. The molecule has 1 N–H and O–H groups in total. The van der Waals surface area contributed by atoms with Gasteiger partial charge >= 0.3 is 5.97 Å². The first-order valence-corrected chi connectivity index (χ1v) is 4.85. The van der Waals surface area contributed by atoms with Crippen molar-refractivity contribution >= 4 is 5.97 Å². The molecule has 76 valence electrons. The molecule has 1 aliphatic heterocycles. The molecule has 0 saturated heterocycles. The smallest absolute Gasteiger partial charge is 0.313 e. The Balaban J connectivity index is 2.34. The Hall–Kier alpha value is -1.39. The number of rotatable bonds is 2. The maximum atomic E-state index is 10.8. The molecule has 14 heavy (non-hydrogen) atoms. The Kier molecular flexibility index (Phi) is 2.23. The molecule has 1 unspecified atom stereocenters. The molecule has 5 nitrogen and oxygen atoms in total. The second kappa shape index (κ2) is 3.40. The van der Waals surface area contributed by atoms with Gasteiger partial charge in [-0.25, -0.2) is 0 Å². The van der Waals surface area contributed by atoms with Crippen LogP contribution in [0, 0.1) is 0 Å². The highest BCUT2D eigenvalue weighted by Crippen LogP contribution is 2.19. The van der Waals surface area contributed by atoms with Crippen molar-refractivity contribution < 1.29 is 9.90 Å². The van der Waals surface area contributed by atoms with E-state index in [1.807, 2.05) is 4.57 Å². The highest BCUT2D eigenvalue weighted by atomic mass is 16.4. The number of fused-ring (bicyclic) bond motifs is 1. The molecule has 1 aliphatic rings. The monoisotopic (exact) mass is 195 g/mol. The lowest BCUT2D eigenvalue weighted by Crippen LogP contribution is -2.18. The minimum absolute atomic E-state index is 0.561. The molecule has 0 saturated carbocycles. The van der Waals surface area contributed by atoms with E-state index in [-0.39, 0.29) is 0 Å². The number of aliphatic carboxylic acids is 1. The van der Waals surface area contributed by atoms with Gasteiger partial charge < -0.3 is 9.67 Å². The van der Waals surface area contributed by atoms with Crippen molar-refractivity contribution in [3.63, 3.8) is 0 Å². The Labute approximate surface area is 81.8 Å². The molecular formula is C9H13N3O2. The summed E-state index contributed by atoms with van der Waals surface area (Å²) in [5.41, 5.74) is 0. The molecule has 1 aromatic heterocycles. The van der Waals surface area contributed by atoms with Crippen LogP contribution in [0.4, 0.5) is 0 Å². The van der Waals surface area contributed by atoms with E-state index in [2.05, 4.69) is 10.2 Å². The number of aromatic nitrogens is 3. The SMILES string of the molecule is CC(C(=O)O)c1nnc2n1CCCC2. The Morgan fingerprint density at radius 3 is 3.00 bits per heavy atom. The molecule has 5 heteroatoms. The highest BCUT2D eigenvalue weighted by molar-refractivity contribution is 5.74. The summed E-state index contributed by atoms with van der Waals surface area (Å²) in [6, 6.07) is 0. The highest BCUT2D eigenvalue weighted by Gasteiger charge is 2.24. The lowest BCUT2D eigenvalue weighted by atomic mass is 10.1. The molecule has 0 bridgehead atoms. The third-order valence-corrected chi connectivity index (χ3v) is 2.65. The van der Waals surface area contributed by atoms with Gasteiger partial charge in [-0.15, -0.1) is 10.2 Å². The van der Waals surface area contributed by atoms with Crippen molar-refractivity contribution in [3.05, 3.63) is 11.6 Å². The fraction of sp³-hybridized carbons (Fsp3) is 0.667. The van der Waals surface area contributed by atoms with Gasteiger partial charge in [0.25, 0.3) is 0 Å². The van der Waals surface area contributed by atoms with E-state index in [1.165, 1.54) is 0 Å². The summed E-state index contributed by atoms with van der Waals surface area (Å²) in [6.45, 7) is 2.50. The van der Waals surface area contributed by atoms with E-state index >= 15 is 0 Å². The number of hydrogen-bond donors (Lipinski definition) is 1. The number of carboxylic acids is 1. The zero-order chi connectivity index (χ0) is 10.1. The van der Waals surface area contributed by atoms with Gasteiger partial charge in [-0.3, -0.25) is 4.79 Å². The van der Waals surface area contributed by atoms with E-state index < -0.39 is 11.9 Å². The van der Waals surface area contributed by atoms with Crippen molar-refractivity contribution in [1.29, 1.82) is 0 Å². The summed E-state index contributed by atoms with van der Waals surface area (Å²) in [7, 11) is 0. The van der Waals surface area contributed by atoms with Crippen molar-refractivity contribution in [2.75, 3.05) is 0 Å². The summed E-state index contributed by atoms with van der Waals surface area (Å²) in [5.74, 6) is 0.117. The standard InChI is InChI=1S/C9H13N3O2/c1-6(9(13)14)8-11-10-7-4-2-3-5-12(7)8/h6H,2-5H2,1H3,(H,13,14). The van der Waals surface area contributed by atoms with Crippen molar-refractivity contribution in [2.24, 2.45) is 0 Å². The lowest BCUT2D eigenvalue weighted by Gasteiger charge is -2.15. The summed E-state index contributed by atoms with van der Waals surface area (Å²) in [6.07, 6.45) is 3.13. The predicted molar refractivity (Wildman–Crippen MR) is 49.0 cm³/mol. The minimum Gasteiger partial charge on any atom is -0.481 e. The molecule has 0 aliphatic carbocycles. The molecule has 0 radical (unpaired) electrons. The molecule has 2 rings (SSSR count). The summed E-state index contributed by atoms with van der Waals surface area (Å²) >= 11 is 0. The van der Waals surface area contributed by atoms with Gasteiger partial charge in [-0.2, -0.15) is 0 Å². The normalized spacial score (nSPS) is 17.5. The molecule has 0 amide bonds. The number of carboxylic acid groups (broad SMARTS) is 1. The topological polar surface area (TPSA) is 68.0 Å². The van der Waals surface area contributed by atoms with E-state index in [0.29, 0.717) is 5.82 Å². The van der Waals surface area contributed by atoms with E-state index in [4.69, 9.17) is 5.11 Å². The second-order valence-corrected chi connectivity index (χ2v) is 3.64. The van der Waals surface area contributed by atoms with Crippen LogP contribution >= 0.6 is 0 Å². The van der Waals surface area contributed by atoms with Gasteiger partial charge in [0.1, 0.15) is 17.6 Å². The number of nitrogens with zero attached hydrogens (tertiary/aromatic N) is 3. The zero-order valence-corrected chi connectivity index (χ0v) is 8.10. The average molecular weight is 195 g/mol. The van der Waals surface area contributed by atoms with E-state index in [9.17, 15) is 4.79 Å². The Bertz CT molecular complexity index is 359. The first-order chi connectivity index (χ1) is 6.70. The van der Waals surface area contributed by atoms with Gasteiger partial charge in [0, 0.05) is 13.0 Å². The molecule has 1 atom stereocenters. The van der Waals surface area contributed by atoms with Gasteiger partial charge in [0.2, 0.25) is 0 Å². The second-order valence-electron chi connectivity index (χ2n) is 3.64. The lowest BCUT2D eigenvalue weighted by molar-refractivity contribution is -0.138. The largest absolute Gasteiger partial charge is 0.481 e. The summed E-state index contributed by atoms with van der Waals surface area (Å²) in [4.78, 5) is 10.8. The molecule has 2 heterocycles. The van der Waals surface area contributed by atoms with Crippen LogP contribution in [-0.2, 0) is 17.8 Å². The maximum absolute atomic E-state index is 10.8. The van der Waals surface area contributed by atoms with Crippen molar-refractivity contribution in [2.45, 2.75) is 38.6 Å². The van der Waals surface area contributed by atoms with Crippen molar-refractivity contribution in [3.8, 4) is 0 Å². The van der Waals surface area contributed by atoms with Gasteiger partial charge in [0.05, 0.1) is 0 Å². The fourth-order valence-corrected chi connectivity index (χ4v) is 1.76. The number of hydrogen-bond acceptors (Lipinski definition) is 3. The number of carbonyl (C=O) groups is 1. The first kappa shape index (κ1) is 9.18. The van der Waals surface area contributed by atoms with Crippen LogP contribution in [0.25, 0.3) is 0 Å². The first-order valence-electron chi connectivity index (χ1n) is 4.85. The van der Waals surface area contributed by atoms with Crippen LogP contribution < -0.4 is 0 Å². The van der Waals surface area contributed by atoms with E-state index in [0.717, 1.165) is 31.6 Å². The van der Waals surface area contributed by atoms with Gasteiger partial charge in [0.15, 0.2) is 0 Å². The van der Waals surface area contributed by atoms with Crippen LogP contribution in [0.2, 0.25) is 0 Å². The zero-order valence-electron chi connectivity index (χ0n) is 8.10. The minimum atomic E-state index is -0.842. The average Bonchev–Trinajstić information content (AvgIpc) is 2.60. The third kappa shape index (κ3) is 1.38. The molecular weight excluding hydrogens is 182 g/mol. The molecule has 0 spiro atoms. The van der Waals surface area contributed by atoms with Crippen molar-refractivity contribution in [1.82, 2.24) is 14.8 Å². The Morgan fingerprint density at radius 1 is 1.50 bits per heavy atom. The quantitative estimate of drug-likeness (QED) is 0.758. The van der Waals surface area contributed by atoms with E-state index in [1.54, 1.807) is 6.92 Å².